The standard InChI is InChI=1S/C13H16BrN/c14-11-3-1-9-2-4-13(8-10(9)7-11)15-12-5-6-12/h1,3,7,12-13,15H,2,4-6,8H2. The molecule has 0 heterocycles. The fraction of sp³-hybridized carbons (Fsp3) is 0.538. The maximum atomic E-state index is 3.74. The molecule has 80 valence electrons. The van der Waals surface area contributed by atoms with Crippen LogP contribution in [0.4, 0.5) is 0 Å². The van der Waals surface area contributed by atoms with Gasteiger partial charge in [0, 0.05) is 16.6 Å². The molecule has 1 N–H and O–H groups in total. The molecule has 2 heteroatoms. The Hall–Kier alpha value is -0.340. The molecule has 1 atom stereocenters. The predicted molar refractivity (Wildman–Crippen MR) is 66.1 cm³/mol. The number of benzene rings is 1. The fourth-order valence-electron chi connectivity index (χ4n) is 2.45. The molecule has 2 aliphatic rings. The Balaban J connectivity index is 1.75. The van der Waals surface area contributed by atoms with Crippen LogP contribution in [0.1, 0.15) is 30.4 Å². The Bertz CT molecular complexity index is 371. The number of nitrogens with one attached hydrogen (secondary N) is 1. The summed E-state index contributed by atoms with van der Waals surface area (Å²) < 4.78 is 1.22. The summed E-state index contributed by atoms with van der Waals surface area (Å²) in [5.74, 6) is 0. The summed E-state index contributed by atoms with van der Waals surface area (Å²) in [5.41, 5.74) is 3.08. The van der Waals surface area contributed by atoms with Gasteiger partial charge in [-0.2, -0.15) is 0 Å². The number of hydrogen-bond acceptors (Lipinski definition) is 1. The first-order valence-corrected chi connectivity index (χ1v) is 6.64. The van der Waals surface area contributed by atoms with Crippen LogP contribution in [-0.2, 0) is 12.8 Å². The molecule has 0 bridgehead atoms. The van der Waals surface area contributed by atoms with Crippen LogP contribution in [0.2, 0.25) is 0 Å². The zero-order valence-electron chi connectivity index (χ0n) is 8.80. The van der Waals surface area contributed by atoms with Gasteiger partial charge in [-0.25, -0.2) is 0 Å². The highest BCUT2D eigenvalue weighted by atomic mass is 79.9. The van der Waals surface area contributed by atoms with Crippen molar-refractivity contribution in [3.63, 3.8) is 0 Å². The fourth-order valence-corrected chi connectivity index (χ4v) is 2.86. The van der Waals surface area contributed by atoms with Crippen LogP contribution in [0.3, 0.4) is 0 Å². The molecule has 1 unspecified atom stereocenters. The van der Waals surface area contributed by atoms with E-state index in [0.717, 1.165) is 12.1 Å². The summed E-state index contributed by atoms with van der Waals surface area (Å²) in [6.45, 7) is 0. The largest absolute Gasteiger partial charge is 0.311 e. The Morgan fingerprint density at radius 2 is 1.93 bits per heavy atom. The molecule has 1 aromatic rings. The normalized spacial score (nSPS) is 25.0. The van der Waals surface area contributed by atoms with E-state index in [0.29, 0.717) is 0 Å². The first-order valence-electron chi connectivity index (χ1n) is 5.84. The van der Waals surface area contributed by atoms with Gasteiger partial charge in [0.05, 0.1) is 0 Å². The Morgan fingerprint density at radius 3 is 2.73 bits per heavy atom. The van der Waals surface area contributed by atoms with E-state index in [1.165, 1.54) is 42.1 Å². The Morgan fingerprint density at radius 1 is 1.07 bits per heavy atom. The van der Waals surface area contributed by atoms with Crippen molar-refractivity contribution >= 4 is 15.9 Å². The average Bonchev–Trinajstić information content (AvgIpc) is 3.01. The molecule has 0 saturated heterocycles. The van der Waals surface area contributed by atoms with Crippen molar-refractivity contribution in [3.8, 4) is 0 Å². The van der Waals surface area contributed by atoms with E-state index in [1.54, 1.807) is 5.56 Å². The van der Waals surface area contributed by atoms with Crippen LogP contribution in [0, 0.1) is 0 Å². The van der Waals surface area contributed by atoms with Crippen LogP contribution in [0.15, 0.2) is 22.7 Å². The molecule has 1 aromatic carbocycles. The van der Waals surface area contributed by atoms with Gasteiger partial charge in [-0.3, -0.25) is 0 Å². The second-order valence-corrected chi connectivity index (χ2v) is 5.71. The third-order valence-electron chi connectivity index (χ3n) is 3.45. The minimum absolute atomic E-state index is 0.722. The summed E-state index contributed by atoms with van der Waals surface area (Å²) in [6.07, 6.45) is 6.55. The van der Waals surface area contributed by atoms with Crippen LogP contribution in [0.25, 0.3) is 0 Å². The van der Waals surface area contributed by atoms with Gasteiger partial charge < -0.3 is 5.32 Å². The van der Waals surface area contributed by atoms with E-state index in [1.807, 2.05) is 0 Å². The first kappa shape index (κ1) is 9.86. The molecule has 3 rings (SSSR count). The first-order chi connectivity index (χ1) is 7.31. The van der Waals surface area contributed by atoms with Crippen molar-refractivity contribution in [3.05, 3.63) is 33.8 Å². The quantitative estimate of drug-likeness (QED) is 0.867. The van der Waals surface area contributed by atoms with E-state index < -0.39 is 0 Å². The number of hydrogen-bond donors (Lipinski definition) is 1. The predicted octanol–water partition coefficient (Wildman–Crippen LogP) is 3.06. The van der Waals surface area contributed by atoms with Crippen molar-refractivity contribution in [2.45, 2.75) is 44.2 Å². The van der Waals surface area contributed by atoms with Gasteiger partial charge in [-0.05, 0) is 55.4 Å². The molecule has 0 spiro atoms. The summed E-state index contributed by atoms with van der Waals surface area (Å²) >= 11 is 3.55. The monoisotopic (exact) mass is 265 g/mol. The summed E-state index contributed by atoms with van der Waals surface area (Å²) in [7, 11) is 0. The second-order valence-electron chi connectivity index (χ2n) is 4.79. The lowest BCUT2D eigenvalue weighted by Crippen LogP contribution is -2.35. The molecule has 1 saturated carbocycles. The molecular formula is C13H16BrN. The van der Waals surface area contributed by atoms with Gasteiger partial charge in [-0.15, -0.1) is 0 Å². The third kappa shape index (κ3) is 2.26. The van der Waals surface area contributed by atoms with Gasteiger partial charge in [-0.1, -0.05) is 22.0 Å². The summed E-state index contributed by atoms with van der Waals surface area (Å²) in [6, 6.07) is 8.28. The van der Waals surface area contributed by atoms with Gasteiger partial charge >= 0.3 is 0 Å². The lowest BCUT2D eigenvalue weighted by atomic mass is 9.88. The number of rotatable bonds is 2. The minimum Gasteiger partial charge on any atom is -0.311 e. The highest BCUT2D eigenvalue weighted by Gasteiger charge is 2.26. The van der Waals surface area contributed by atoms with Crippen molar-refractivity contribution < 1.29 is 0 Å². The van der Waals surface area contributed by atoms with Crippen molar-refractivity contribution in [2.75, 3.05) is 0 Å². The molecule has 0 aromatic heterocycles. The lowest BCUT2D eigenvalue weighted by molar-refractivity contribution is 0.456. The lowest BCUT2D eigenvalue weighted by Gasteiger charge is -2.25. The van der Waals surface area contributed by atoms with E-state index in [9.17, 15) is 0 Å². The minimum atomic E-state index is 0.722. The summed E-state index contributed by atoms with van der Waals surface area (Å²) in [5, 5.41) is 3.74. The van der Waals surface area contributed by atoms with Gasteiger partial charge in [0.15, 0.2) is 0 Å². The maximum Gasteiger partial charge on any atom is 0.0178 e. The van der Waals surface area contributed by atoms with Crippen molar-refractivity contribution in [2.24, 2.45) is 0 Å². The van der Waals surface area contributed by atoms with E-state index >= 15 is 0 Å². The van der Waals surface area contributed by atoms with Gasteiger partial charge in [0.25, 0.3) is 0 Å². The smallest absolute Gasteiger partial charge is 0.0178 e. The molecule has 2 aliphatic carbocycles. The third-order valence-corrected chi connectivity index (χ3v) is 3.94. The highest BCUT2D eigenvalue weighted by Crippen LogP contribution is 2.27. The molecule has 1 nitrogen and oxygen atoms in total. The van der Waals surface area contributed by atoms with Crippen molar-refractivity contribution in [1.82, 2.24) is 5.32 Å². The topological polar surface area (TPSA) is 12.0 Å². The molecule has 1 fully saturated rings. The van der Waals surface area contributed by atoms with Gasteiger partial charge in [0.2, 0.25) is 0 Å². The highest BCUT2D eigenvalue weighted by molar-refractivity contribution is 9.10. The number of aryl methyl sites for hydroxylation is 1. The van der Waals surface area contributed by atoms with Crippen LogP contribution in [0.5, 0.6) is 0 Å². The van der Waals surface area contributed by atoms with E-state index in [2.05, 4.69) is 39.4 Å². The Kier molecular flexibility index (Phi) is 2.57. The van der Waals surface area contributed by atoms with E-state index in [4.69, 9.17) is 0 Å². The Labute approximate surface area is 99.4 Å². The zero-order valence-corrected chi connectivity index (χ0v) is 10.4. The van der Waals surface area contributed by atoms with Crippen LogP contribution in [-0.4, -0.2) is 12.1 Å². The van der Waals surface area contributed by atoms with Crippen LogP contribution < -0.4 is 5.32 Å². The van der Waals surface area contributed by atoms with Crippen LogP contribution >= 0.6 is 15.9 Å². The van der Waals surface area contributed by atoms with Gasteiger partial charge in [0.1, 0.15) is 0 Å². The summed E-state index contributed by atoms with van der Waals surface area (Å²) in [4.78, 5) is 0. The molecule has 15 heavy (non-hydrogen) atoms. The average molecular weight is 266 g/mol. The molecular weight excluding hydrogens is 250 g/mol. The second kappa shape index (κ2) is 3.91. The SMILES string of the molecule is Brc1ccc2c(c1)CC(NC1CC1)CC2. The molecule has 0 amide bonds. The maximum absolute atomic E-state index is 3.74. The number of halogens is 1. The molecule has 0 radical (unpaired) electrons. The van der Waals surface area contributed by atoms with Crippen molar-refractivity contribution in [1.29, 1.82) is 0 Å². The molecule has 0 aliphatic heterocycles. The van der Waals surface area contributed by atoms with E-state index in [-0.39, 0.29) is 0 Å². The zero-order chi connectivity index (χ0) is 10.3. The number of fused-ring (bicyclic) bond motifs is 1.